The quantitative estimate of drug-likeness (QED) is 0.743. The molecule has 1 fully saturated rings. The molecular weight excluding hydrogens is 198 g/mol. The van der Waals surface area contributed by atoms with Gasteiger partial charge in [0.1, 0.15) is 0 Å². The van der Waals surface area contributed by atoms with Gasteiger partial charge in [0, 0.05) is 6.54 Å². The summed E-state index contributed by atoms with van der Waals surface area (Å²) in [4.78, 5) is 2.09. The standard InChI is InChI=1S/C11H10F2N2/c12-10-4-8(6-14)9(5-11(10)13)7-15-2-1-3-15/h4-5H,1-3,7H2. The monoisotopic (exact) mass is 208 g/mol. The van der Waals surface area contributed by atoms with E-state index in [4.69, 9.17) is 5.26 Å². The Morgan fingerprint density at radius 1 is 1.27 bits per heavy atom. The third-order valence-corrected chi connectivity index (χ3v) is 2.61. The number of rotatable bonds is 2. The van der Waals surface area contributed by atoms with E-state index in [0.717, 1.165) is 31.6 Å². The smallest absolute Gasteiger partial charge is 0.160 e. The van der Waals surface area contributed by atoms with E-state index in [9.17, 15) is 8.78 Å². The SMILES string of the molecule is N#Cc1cc(F)c(F)cc1CN1CCC1. The molecular formula is C11H10F2N2. The Labute approximate surface area is 86.7 Å². The topological polar surface area (TPSA) is 27.0 Å². The molecule has 0 spiro atoms. The molecule has 0 atom stereocenters. The molecule has 1 aromatic carbocycles. The van der Waals surface area contributed by atoms with Gasteiger partial charge in [-0.05, 0) is 37.2 Å². The van der Waals surface area contributed by atoms with Gasteiger partial charge in [0.15, 0.2) is 11.6 Å². The fourth-order valence-electron chi connectivity index (χ4n) is 1.60. The highest BCUT2D eigenvalue weighted by atomic mass is 19.2. The van der Waals surface area contributed by atoms with Gasteiger partial charge in [0.25, 0.3) is 0 Å². The van der Waals surface area contributed by atoms with E-state index in [1.807, 2.05) is 6.07 Å². The minimum Gasteiger partial charge on any atom is -0.299 e. The first-order chi connectivity index (χ1) is 7.20. The maximum Gasteiger partial charge on any atom is 0.160 e. The average Bonchev–Trinajstić information content (AvgIpc) is 2.16. The Morgan fingerprint density at radius 2 is 1.93 bits per heavy atom. The third kappa shape index (κ3) is 1.97. The number of likely N-dealkylation sites (tertiary alicyclic amines) is 1. The molecule has 2 nitrogen and oxygen atoms in total. The van der Waals surface area contributed by atoms with Crippen LogP contribution in [0.4, 0.5) is 8.78 Å². The third-order valence-electron chi connectivity index (χ3n) is 2.61. The second-order valence-corrected chi connectivity index (χ2v) is 3.66. The molecule has 2 rings (SSSR count). The van der Waals surface area contributed by atoms with Gasteiger partial charge in [-0.25, -0.2) is 8.78 Å². The van der Waals surface area contributed by atoms with Crippen LogP contribution in [0.2, 0.25) is 0 Å². The minimum atomic E-state index is -0.959. The summed E-state index contributed by atoms with van der Waals surface area (Å²) in [5.74, 6) is -1.84. The lowest BCUT2D eigenvalue weighted by molar-refractivity contribution is 0.172. The Balaban J connectivity index is 2.28. The summed E-state index contributed by atoms with van der Waals surface area (Å²) >= 11 is 0. The van der Waals surface area contributed by atoms with Crippen LogP contribution in [0, 0.1) is 23.0 Å². The molecule has 0 unspecified atom stereocenters. The number of hydrogen-bond donors (Lipinski definition) is 0. The molecule has 0 bridgehead atoms. The summed E-state index contributed by atoms with van der Waals surface area (Å²) in [5, 5.41) is 8.78. The second kappa shape index (κ2) is 3.95. The Bertz CT molecular complexity index is 419. The van der Waals surface area contributed by atoms with Crippen LogP contribution in [-0.2, 0) is 6.54 Å². The molecule has 1 aliphatic rings. The van der Waals surface area contributed by atoms with E-state index in [-0.39, 0.29) is 5.56 Å². The van der Waals surface area contributed by atoms with E-state index in [2.05, 4.69) is 4.90 Å². The van der Waals surface area contributed by atoms with Crippen molar-refractivity contribution in [1.82, 2.24) is 4.90 Å². The summed E-state index contributed by atoms with van der Waals surface area (Å²) < 4.78 is 25.8. The maximum atomic E-state index is 13.0. The van der Waals surface area contributed by atoms with Gasteiger partial charge in [0.05, 0.1) is 11.6 Å². The number of halogens is 2. The van der Waals surface area contributed by atoms with Crippen molar-refractivity contribution in [1.29, 1.82) is 5.26 Å². The lowest BCUT2D eigenvalue weighted by Crippen LogP contribution is -2.36. The minimum absolute atomic E-state index is 0.223. The van der Waals surface area contributed by atoms with Crippen LogP contribution in [0.15, 0.2) is 12.1 Å². The normalized spacial score (nSPS) is 15.8. The Morgan fingerprint density at radius 3 is 2.47 bits per heavy atom. The number of nitriles is 1. The highest BCUT2D eigenvalue weighted by Gasteiger charge is 2.17. The maximum absolute atomic E-state index is 13.0. The van der Waals surface area contributed by atoms with E-state index in [1.165, 1.54) is 0 Å². The molecule has 0 aromatic heterocycles. The van der Waals surface area contributed by atoms with Crippen LogP contribution >= 0.6 is 0 Å². The first kappa shape index (κ1) is 10.1. The first-order valence-corrected chi connectivity index (χ1v) is 4.81. The lowest BCUT2D eigenvalue weighted by atomic mass is 10.1. The number of benzene rings is 1. The first-order valence-electron chi connectivity index (χ1n) is 4.81. The fourth-order valence-corrected chi connectivity index (χ4v) is 1.60. The Kier molecular flexibility index (Phi) is 2.65. The molecule has 15 heavy (non-hydrogen) atoms. The molecule has 4 heteroatoms. The molecule has 1 aromatic rings. The fraction of sp³-hybridized carbons (Fsp3) is 0.364. The van der Waals surface area contributed by atoms with Crippen molar-refractivity contribution in [2.24, 2.45) is 0 Å². The molecule has 0 amide bonds. The van der Waals surface area contributed by atoms with Crippen LogP contribution < -0.4 is 0 Å². The van der Waals surface area contributed by atoms with E-state index in [0.29, 0.717) is 12.1 Å². The van der Waals surface area contributed by atoms with Crippen molar-refractivity contribution in [2.75, 3.05) is 13.1 Å². The lowest BCUT2D eigenvalue weighted by Gasteiger charge is -2.30. The largest absolute Gasteiger partial charge is 0.299 e. The average molecular weight is 208 g/mol. The van der Waals surface area contributed by atoms with E-state index in [1.54, 1.807) is 0 Å². The van der Waals surface area contributed by atoms with Gasteiger partial charge in [-0.15, -0.1) is 0 Å². The van der Waals surface area contributed by atoms with Gasteiger partial charge in [-0.1, -0.05) is 0 Å². The summed E-state index contributed by atoms with van der Waals surface area (Å²) in [6.45, 7) is 2.45. The van der Waals surface area contributed by atoms with Crippen LogP contribution in [0.1, 0.15) is 17.5 Å². The summed E-state index contributed by atoms with van der Waals surface area (Å²) in [7, 11) is 0. The van der Waals surface area contributed by atoms with Crippen molar-refractivity contribution in [2.45, 2.75) is 13.0 Å². The van der Waals surface area contributed by atoms with Gasteiger partial charge in [-0.3, -0.25) is 4.90 Å². The van der Waals surface area contributed by atoms with Crippen LogP contribution in [0.3, 0.4) is 0 Å². The number of nitrogens with zero attached hydrogens (tertiary/aromatic N) is 2. The Hall–Kier alpha value is -1.47. The highest BCUT2D eigenvalue weighted by molar-refractivity contribution is 5.38. The predicted octanol–water partition coefficient (Wildman–Crippen LogP) is 2.04. The van der Waals surface area contributed by atoms with Crippen molar-refractivity contribution >= 4 is 0 Å². The van der Waals surface area contributed by atoms with Gasteiger partial charge in [-0.2, -0.15) is 5.26 Å². The van der Waals surface area contributed by atoms with Crippen LogP contribution in [0.5, 0.6) is 0 Å². The molecule has 0 N–H and O–H groups in total. The highest BCUT2D eigenvalue weighted by Crippen LogP contribution is 2.18. The second-order valence-electron chi connectivity index (χ2n) is 3.66. The zero-order valence-electron chi connectivity index (χ0n) is 8.13. The molecule has 0 saturated carbocycles. The zero-order valence-corrected chi connectivity index (χ0v) is 8.13. The predicted molar refractivity (Wildman–Crippen MR) is 51.0 cm³/mol. The van der Waals surface area contributed by atoms with Gasteiger partial charge < -0.3 is 0 Å². The molecule has 78 valence electrons. The van der Waals surface area contributed by atoms with E-state index >= 15 is 0 Å². The van der Waals surface area contributed by atoms with Crippen molar-refractivity contribution in [3.05, 3.63) is 34.9 Å². The van der Waals surface area contributed by atoms with E-state index < -0.39 is 11.6 Å². The number of hydrogen-bond acceptors (Lipinski definition) is 2. The van der Waals surface area contributed by atoms with Crippen molar-refractivity contribution in [3.8, 4) is 6.07 Å². The van der Waals surface area contributed by atoms with Crippen molar-refractivity contribution < 1.29 is 8.78 Å². The van der Waals surface area contributed by atoms with Gasteiger partial charge >= 0.3 is 0 Å². The molecule has 0 radical (unpaired) electrons. The zero-order chi connectivity index (χ0) is 10.8. The van der Waals surface area contributed by atoms with Crippen LogP contribution in [-0.4, -0.2) is 18.0 Å². The molecule has 1 heterocycles. The molecule has 1 aliphatic heterocycles. The van der Waals surface area contributed by atoms with Gasteiger partial charge in [0.2, 0.25) is 0 Å². The summed E-state index contributed by atoms with van der Waals surface area (Å²) in [5.41, 5.74) is 0.789. The molecule has 0 aliphatic carbocycles. The van der Waals surface area contributed by atoms with Crippen LogP contribution in [0.25, 0.3) is 0 Å². The summed E-state index contributed by atoms with van der Waals surface area (Å²) in [6, 6.07) is 3.96. The summed E-state index contributed by atoms with van der Waals surface area (Å²) in [6.07, 6.45) is 1.13. The molecule has 1 saturated heterocycles. The van der Waals surface area contributed by atoms with Crippen molar-refractivity contribution in [3.63, 3.8) is 0 Å².